The molecule has 2 atom stereocenters. The van der Waals surface area contributed by atoms with Crippen LogP contribution < -0.4 is 5.56 Å². The molecule has 2 aromatic rings. The Labute approximate surface area is 182 Å². The van der Waals surface area contributed by atoms with Gasteiger partial charge in [-0.25, -0.2) is 9.50 Å². The van der Waals surface area contributed by atoms with Crippen LogP contribution in [0, 0.1) is 5.92 Å². The molecule has 5 heterocycles. The van der Waals surface area contributed by atoms with E-state index in [4.69, 9.17) is 9.72 Å². The fourth-order valence-corrected chi connectivity index (χ4v) is 5.37. The van der Waals surface area contributed by atoms with Crippen LogP contribution in [-0.2, 0) is 22.5 Å². The lowest BCUT2D eigenvalue weighted by Gasteiger charge is -2.36. The summed E-state index contributed by atoms with van der Waals surface area (Å²) in [6, 6.07) is 2.46. The molecule has 3 aliphatic heterocycles. The summed E-state index contributed by atoms with van der Waals surface area (Å²) in [7, 11) is 0. The molecule has 1 amide bonds. The van der Waals surface area contributed by atoms with Crippen molar-refractivity contribution < 1.29 is 9.53 Å². The molecule has 0 radical (unpaired) electrons. The molecule has 0 aromatic carbocycles. The van der Waals surface area contributed by atoms with Crippen molar-refractivity contribution in [1.29, 1.82) is 0 Å². The maximum atomic E-state index is 13.4. The summed E-state index contributed by atoms with van der Waals surface area (Å²) in [5, 5.41) is 3.30. The summed E-state index contributed by atoms with van der Waals surface area (Å²) >= 11 is 0. The Kier molecular flexibility index (Phi) is 5.60. The Hall–Kier alpha value is -2.19. The van der Waals surface area contributed by atoms with E-state index in [-0.39, 0.29) is 23.4 Å². The number of H-pyrrole nitrogens is 1. The van der Waals surface area contributed by atoms with Crippen molar-refractivity contribution in [2.75, 3.05) is 26.3 Å². The van der Waals surface area contributed by atoms with E-state index in [2.05, 4.69) is 10.00 Å². The van der Waals surface area contributed by atoms with Crippen LogP contribution in [0.3, 0.4) is 0 Å². The molecular formula is C23H33N5O3. The molecule has 0 spiro atoms. The van der Waals surface area contributed by atoms with Crippen LogP contribution >= 0.6 is 0 Å². The Morgan fingerprint density at radius 1 is 1.29 bits per heavy atom. The number of nitrogens with zero attached hydrogens (tertiary/aromatic N) is 4. The van der Waals surface area contributed by atoms with Crippen LogP contribution in [0.4, 0.5) is 0 Å². The third-order valence-electron chi connectivity index (χ3n) is 7.45. The van der Waals surface area contributed by atoms with Crippen molar-refractivity contribution in [2.45, 2.75) is 71.0 Å². The summed E-state index contributed by atoms with van der Waals surface area (Å²) in [4.78, 5) is 35.5. The van der Waals surface area contributed by atoms with Crippen LogP contribution in [0.15, 0.2) is 10.9 Å². The molecular weight excluding hydrogens is 394 g/mol. The lowest BCUT2D eigenvalue weighted by molar-refractivity contribution is -0.136. The highest BCUT2D eigenvalue weighted by Gasteiger charge is 2.34. The number of amides is 1. The number of ether oxygens (including phenoxy) is 1. The first-order valence-corrected chi connectivity index (χ1v) is 11.8. The number of hydrogen-bond acceptors (Lipinski definition) is 5. The predicted molar refractivity (Wildman–Crippen MR) is 117 cm³/mol. The average Bonchev–Trinajstić information content (AvgIpc) is 3.46. The van der Waals surface area contributed by atoms with E-state index in [9.17, 15) is 9.59 Å². The standard InChI is InChI=1S/C23H33N5O3/c1-3-15(2)22(29)27-9-4-5-20(27)19-13-21-24-18-6-10-26(16-7-11-31-12-8-16)14-17(18)23(30)28(21)25-19/h13,15-16,20,25H,3-12,14H2,1-2H3. The van der Waals surface area contributed by atoms with Gasteiger partial charge in [-0.2, -0.15) is 0 Å². The van der Waals surface area contributed by atoms with Gasteiger partial charge in [-0.15, -0.1) is 0 Å². The number of aromatic amines is 1. The van der Waals surface area contributed by atoms with Gasteiger partial charge in [-0.05, 0) is 32.1 Å². The molecule has 0 bridgehead atoms. The highest BCUT2D eigenvalue weighted by Crippen LogP contribution is 2.33. The second kappa shape index (κ2) is 8.39. The van der Waals surface area contributed by atoms with Crippen LogP contribution in [0.1, 0.15) is 68.9 Å². The number of rotatable bonds is 4. The zero-order chi connectivity index (χ0) is 21.5. The molecule has 3 aliphatic rings. The topological polar surface area (TPSA) is 82.9 Å². The minimum absolute atomic E-state index is 0.000749. The average molecular weight is 428 g/mol. The van der Waals surface area contributed by atoms with Crippen molar-refractivity contribution in [1.82, 2.24) is 24.4 Å². The van der Waals surface area contributed by atoms with E-state index in [1.165, 1.54) is 0 Å². The number of nitrogens with one attached hydrogen (secondary N) is 1. The number of hydrogen-bond donors (Lipinski definition) is 1. The maximum Gasteiger partial charge on any atom is 0.277 e. The molecule has 0 aliphatic carbocycles. The fraction of sp³-hybridized carbons (Fsp3) is 0.696. The molecule has 168 valence electrons. The Bertz CT molecular complexity index is 1020. The molecule has 2 saturated heterocycles. The lowest BCUT2D eigenvalue weighted by Crippen LogP contribution is -2.44. The van der Waals surface area contributed by atoms with E-state index in [0.717, 1.165) is 81.8 Å². The number of carbonyl (C=O) groups is 1. The Morgan fingerprint density at radius 2 is 2.10 bits per heavy atom. The SMILES string of the molecule is CCC(C)C(=O)N1CCCC1c1cc2nc3c(c(=O)n2[nH]1)CN(C1CCOCC1)CC3. The lowest BCUT2D eigenvalue weighted by atomic mass is 10.0. The van der Waals surface area contributed by atoms with Crippen molar-refractivity contribution in [3.63, 3.8) is 0 Å². The third-order valence-corrected chi connectivity index (χ3v) is 7.45. The van der Waals surface area contributed by atoms with Crippen molar-refractivity contribution >= 4 is 11.6 Å². The molecule has 1 N–H and O–H groups in total. The van der Waals surface area contributed by atoms with E-state index < -0.39 is 0 Å². The summed E-state index contributed by atoms with van der Waals surface area (Å²) < 4.78 is 7.09. The van der Waals surface area contributed by atoms with Crippen LogP contribution in [0.2, 0.25) is 0 Å². The molecule has 2 unspecified atom stereocenters. The van der Waals surface area contributed by atoms with Crippen molar-refractivity contribution in [3.05, 3.63) is 33.4 Å². The largest absolute Gasteiger partial charge is 0.381 e. The Balaban J connectivity index is 1.44. The quantitative estimate of drug-likeness (QED) is 0.809. The van der Waals surface area contributed by atoms with Crippen LogP contribution in [0.5, 0.6) is 0 Å². The second-order valence-corrected chi connectivity index (χ2v) is 9.31. The van der Waals surface area contributed by atoms with Gasteiger partial charge in [-0.3, -0.25) is 19.6 Å². The van der Waals surface area contributed by atoms with Gasteiger partial charge in [0, 0.05) is 57.3 Å². The zero-order valence-corrected chi connectivity index (χ0v) is 18.6. The van der Waals surface area contributed by atoms with E-state index in [1.54, 1.807) is 4.52 Å². The highest BCUT2D eigenvalue weighted by atomic mass is 16.5. The van der Waals surface area contributed by atoms with Gasteiger partial charge in [0.2, 0.25) is 5.91 Å². The van der Waals surface area contributed by atoms with E-state index in [1.807, 2.05) is 24.8 Å². The van der Waals surface area contributed by atoms with E-state index >= 15 is 0 Å². The first-order valence-electron chi connectivity index (χ1n) is 11.8. The summed E-state index contributed by atoms with van der Waals surface area (Å²) in [5.74, 6) is 0.227. The van der Waals surface area contributed by atoms with E-state index in [0.29, 0.717) is 18.2 Å². The summed E-state index contributed by atoms with van der Waals surface area (Å²) in [5.41, 5.74) is 3.32. The molecule has 5 rings (SSSR count). The second-order valence-electron chi connectivity index (χ2n) is 9.31. The van der Waals surface area contributed by atoms with Crippen molar-refractivity contribution in [3.8, 4) is 0 Å². The summed E-state index contributed by atoms with van der Waals surface area (Å²) in [6.07, 6.45) is 5.61. The molecule has 2 fully saturated rings. The van der Waals surface area contributed by atoms with Crippen LogP contribution in [0.25, 0.3) is 5.65 Å². The predicted octanol–water partition coefficient (Wildman–Crippen LogP) is 2.27. The first-order chi connectivity index (χ1) is 15.1. The smallest absolute Gasteiger partial charge is 0.277 e. The number of carbonyl (C=O) groups excluding carboxylic acids is 1. The fourth-order valence-electron chi connectivity index (χ4n) is 5.37. The highest BCUT2D eigenvalue weighted by molar-refractivity contribution is 5.79. The minimum Gasteiger partial charge on any atom is -0.381 e. The molecule has 2 aromatic heterocycles. The van der Waals surface area contributed by atoms with Gasteiger partial charge in [0.1, 0.15) is 0 Å². The third kappa shape index (κ3) is 3.69. The normalized spacial score (nSPS) is 23.9. The monoisotopic (exact) mass is 427 g/mol. The van der Waals surface area contributed by atoms with Gasteiger partial charge in [0.05, 0.1) is 23.0 Å². The van der Waals surface area contributed by atoms with Crippen molar-refractivity contribution in [2.24, 2.45) is 5.92 Å². The number of likely N-dealkylation sites (tertiary alicyclic amines) is 1. The van der Waals surface area contributed by atoms with Gasteiger partial charge in [0.25, 0.3) is 5.56 Å². The summed E-state index contributed by atoms with van der Waals surface area (Å²) in [6.45, 7) is 8.03. The minimum atomic E-state index is -0.00151. The first kappa shape index (κ1) is 20.7. The molecule has 0 saturated carbocycles. The van der Waals surface area contributed by atoms with Gasteiger partial charge in [0.15, 0.2) is 5.65 Å². The van der Waals surface area contributed by atoms with Gasteiger partial charge in [-0.1, -0.05) is 13.8 Å². The maximum absolute atomic E-state index is 13.4. The number of fused-ring (bicyclic) bond motifs is 2. The Morgan fingerprint density at radius 3 is 2.87 bits per heavy atom. The molecule has 8 nitrogen and oxygen atoms in total. The number of aromatic nitrogens is 3. The van der Waals surface area contributed by atoms with Crippen LogP contribution in [-0.4, -0.2) is 62.7 Å². The van der Waals surface area contributed by atoms with Gasteiger partial charge >= 0.3 is 0 Å². The molecule has 31 heavy (non-hydrogen) atoms. The zero-order valence-electron chi connectivity index (χ0n) is 18.6. The molecule has 8 heteroatoms. The van der Waals surface area contributed by atoms with Gasteiger partial charge < -0.3 is 9.64 Å².